The predicted octanol–water partition coefficient (Wildman–Crippen LogP) is 2.46. The zero-order chi connectivity index (χ0) is 15.0. The molecule has 0 radical (unpaired) electrons. The van der Waals surface area contributed by atoms with Crippen LogP contribution in [0.5, 0.6) is 5.75 Å². The van der Waals surface area contributed by atoms with Gasteiger partial charge in [0.15, 0.2) is 0 Å². The predicted molar refractivity (Wildman–Crippen MR) is 80.5 cm³/mol. The van der Waals surface area contributed by atoms with Gasteiger partial charge < -0.3 is 9.47 Å². The minimum atomic E-state index is -0.183. The largest absolute Gasteiger partial charge is 0.425 e. The van der Waals surface area contributed by atoms with Crippen LogP contribution in [0.25, 0.3) is 0 Å². The molecule has 2 fully saturated rings. The standard InChI is InChI=1S/C17H23NO3/c1-12-5-4-6-13(2)16(12)20-15(19)10-18-9-14(3)21-17(11-18)7-8-17/h4-6,14H,7-11H2,1-3H3. The Labute approximate surface area is 126 Å². The molecule has 1 unspecified atom stereocenters. The zero-order valence-corrected chi connectivity index (χ0v) is 13.0. The fourth-order valence-corrected chi connectivity index (χ4v) is 3.16. The van der Waals surface area contributed by atoms with Crippen LogP contribution in [0.3, 0.4) is 0 Å². The summed E-state index contributed by atoms with van der Waals surface area (Å²) >= 11 is 0. The maximum Gasteiger partial charge on any atom is 0.325 e. The summed E-state index contributed by atoms with van der Waals surface area (Å²) in [7, 11) is 0. The Morgan fingerprint density at radius 3 is 2.67 bits per heavy atom. The fourth-order valence-electron chi connectivity index (χ4n) is 3.16. The lowest BCUT2D eigenvalue weighted by Crippen LogP contribution is -2.50. The van der Waals surface area contributed by atoms with Crippen LogP contribution in [0.2, 0.25) is 0 Å². The Morgan fingerprint density at radius 1 is 1.38 bits per heavy atom. The van der Waals surface area contributed by atoms with Crippen molar-refractivity contribution >= 4 is 5.97 Å². The molecule has 1 heterocycles. The van der Waals surface area contributed by atoms with Crippen LogP contribution >= 0.6 is 0 Å². The van der Waals surface area contributed by atoms with Crippen molar-refractivity contribution in [1.29, 1.82) is 0 Å². The molecule has 0 aromatic heterocycles. The summed E-state index contributed by atoms with van der Waals surface area (Å²) in [6, 6.07) is 5.90. The fraction of sp³-hybridized carbons (Fsp3) is 0.588. The van der Waals surface area contributed by atoms with Gasteiger partial charge in [-0.25, -0.2) is 0 Å². The smallest absolute Gasteiger partial charge is 0.325 e. The third kappa shape index (κ3) is 3.27. The number of para-hydroxylation sites is 1. The van der Waals surface area contributed by atoms with Crippen molar-refractivity contribution in [2.24, 2.45) is 0 Å². The van der Waals surface area contributed by atoms with Crippen LogP contribution in [0.15, 0.2) is 18.2 Å². The summed E-state index contributed by atoms with van der Waals surface area (Å²) in [6.07, 6.45) is 2.41. The second kappa shape index (κ2) is 5.43. The molecule has 1 saturated heterocycles. The van der Waals surface area contributed by atoms with Crippen LogP contribution in [0.1, 0.15) is 30.9 Å². The Bertz CT molecular complexity index is 531. The number of ether oxygens (including phenoxy) is 2. The Morgan fingerprint density at radius 2 is 2.05 bits per heavy atom. The monoisotopic (exact) mass is 289 g/mol. The number of esters is 1. The maximum atomic E-state index is 12.2. The number of aryl methyl sites for hydroxylation is 2. The minimum absolute atomic E-state index is 0.0243. The van der Waals surface area contributed by atoms with Gasteiger partial charge in [-0.2, -0.15) is 0 Å². The average molecular weight is 289 g/mol. The lowest BCUT2D eigenvalue weighted by Gasteiger charge is -2.36. The number of rotatable bonds is 3. The van der Waals surface area contributed by atoms with Gasteiger partial charge >= 0.3 is 5.97 Å². The summed E-state index contributed by atoms with van der Waals surface area (Å²) < 4.78 is 11.5. The zero-order valence-electron chi connectivity index (χ0n) is 13.0. The van der Waals surface area contributed by atoms with E-state index in [0.29, 0.717) is 12.3 Å². The van der Waals surface area contributed by atoms with Gasteiger partial charge in [0.2, 0.25) is 0 Å². The van der Waals surface area contributed by atoms with E-state index in [4.69, 9.17) is 9.47 Å². The van der Waals surface area contributed by atoms with Gasteiger partial charge in [0, 0.05) is 13.1 Å². The van der Waals surface area contributed by atoms with Crippen molar-refractivity contribution in [2.75, 3.05) is 19.6 Å². The Balaban J connectivity index is 1.61. The number of hydrogen-bond donors (Lipinski definition) is 0. The van der Waals surface area contributed by atoms with Gasteiger partial charge in [-0.3, -0.25) is 9.69 Å². The second-order valence-electron chi connectivity index (χ2n) is 6.48. The van der Waals surface area contributed by atoms with Gasteiger partial charge in [-0.1, -0.05) is 18.2 Å². The van der Waals surface area contributed by atoms with E-state index in [1.807, 2.05) is 32.0 Å². The topological polar surface area (TPSA) is 38.8 Å². The summed E-state index contributed by atoms with van der Waals surface area (Å²) in [5, 5.41) is 0. The van der Waals surface area contributed by atoms with E-state index < -0.39 is 0 Å². The lowest BCUT2D eigenvalue weighted by atomic mass is 10.1. The van der Waals surface area contributed by atoms with E-state index >= 15 is 0 Å². The molecule has 0 amide bonds. The first-order valence-corrected chi connectivity index (χ1v) is 7.64. The van der Waals surface area contributed by atoms with Gasteiger partial charge in [0.1, 0.15) is 5.75 Å². The summed E-state index contributed by atoms with van der Waals surface area (Å²) in [6.45, 7) is 7.98. The molecule has 1 aromatic carbocycles. The summed E-state index contributed by atoms with van der Waals surface area (Å²) in [5.74, 6) is 0.516. The first kappa shape index (κ1) is 14.5. The normalized spacial score (nSPS) is 24.0. The molecule has 1 spiro atoms. The van der Waals surface area contributed by atoms with E-state index in [1.165, 1.54) is 0 Å². The van der Waals surface area contributed by atoms with E-state index in [9.17, 15) is 4.79 Å². The Hall–Kier alpha value is -1.39. The number of nitrogens with zero attached hydrogens (tertiary/aromatic N) is 1. The van der Waals surface area contributed by atoms with Crippen molar-refractivity contribution in [3.05, 3.63) is 29.3 Å². The molecule has 1 saturated carbocycles. The highest BCUT2D eigenvalue weighted by Crippen LogP contribution is 2.43. The molecule has 1 atom stereocenters. The molecule has 4 heteroatoms. The molecule has 1 aliphatic carbocycles. The molecule has 0 N–H and O–H groups in total. The van der Waals surface area contributed by atoms with Crippen LogP contribution in [-0.4, -0.2) is 42.2 Å². The molecule has 0 bridgehead atoms. The molecular formula is C17H23NO3. The van der Waals surface area contributed by atoms with Crippen molar-refractivity contribution < 1.29 is 14.3 Å². The highest BCUT2D eigenvalue weighted by Gasteiger charge is 2.49. The van der Waals surface area contributed by atoms with Gasteiger partial charge in [-0.05, 0) is 44.7 Å². The molecule has 1 aliphatic heterocycles. The molecule has 1 aromatic rings. The van der Waals surface area contributed by atoms with Crippen molar-refractivity contribution in [2.45, 2.75) is 45.3 Å². The molecular weight excluding hydrogens is 266 g/mol. The van der Waals surface area contributed by atoms with Gasteiger partial charge in [0.25, 0.3) is 0 Å². The summed E-state index contributed by atoms with van der Waals surface area (Å²) in [4.78, 5) is 14.4. The molecule has 21 heavy (non-hydrogen) atoms. The quantitative estimate of drug-likeness (QED) is 0.633. The summed E-state index contributed by atoms with van der Waals surface area (Å²) in [5.41, 5.74) is 2.02. The molecule has 2 aliphatic rings. The van der Waals surface area contributed by atoms with Gasteiger partial charge in [-0.15, -0.1) is 0 Å². The highest BCUT2D eigenvalue weighted by atomic mass is 16.5. The number of carbonyl (C=O) groups is 1. The number of carbonyl (C=O) groups excluding carboxylic acids is 1. The van der Waals surface area contributed by atoms with Crippen LogP contribution in [0, 0.1) is 13.8 Å². The van der Waals surface area contributed by atoms with Crippen LogP contribution in [0.4, 0.5) is 0 Å². The van der Waals surface area contributed by atoms with E-state index in [1.54, 1.807) is 0 Å². The SMILES string of the molecule is Cc1cccc(C)c1OC(=O)CN1CC(C)OC2(CC2)C1. The third-order valence-corrected chi connectivity index (χ3v) is 4.26. The van der Waals surface area contributed by atoms with Crippen LogP contribution < -0.4 is 4.74 Å². The lowest BCUT2D eigenvalue weighted by molar-refractivity contribution is -0.141. The van der Waals surface area contributed by atoms with Crippen LogP contribution in [-0.2, 0) is 9.53 Å². The van der Waals surface area contributed by atoms with Crippen molar-refractivity contribution in [1.82, 2.24) is 4.90 Å². The first-order valence-electron chi connectivity index (χ1n) is 7.64. The molecule has 4 nitrogen and oxygen atoms in total. The second-order valence-corrected chi connectivity index (χ2v) is 6.48. The van der Waals surface area contributed by atoms with Gasteiger partial charge in [0.05, 0.1) is 18.2 Å². The molecule has 3 rings (SSSR count). The molecule has 114 valence electrons. The van der Waals surface area contributed by atoms with E-state index in [-0.39, 0.29) is 17.7 Å². The minimum Gasteiger partial charge on any atom is -0.425 e. The van der Waals surface area contributed by atoms with Crippen molar-refractivity contribution in [3.63, 3.8) is 0 Å². The Kier molecular flexibility index (Phi) is 3.76. The number of morpholine rings is 1. The number of hydrogen-bond acceptors (Lipinski definition) is 4. The maximum absolute atomic E-state index is 12.2. The van der Waals surface area contributed by atoms with E-state index in [2.05, 4.69) is 11.8 Å². The first-order chi connectivity index (χ1) is 9.97. The third-order valence-electron chi connectivity index (χ3n) is 4.26. The average Bonchev–Trinajstić information content (AvgIpc) is 3.11. The van der Waals surface area contributed by atoms with Crippen molar-refractivity contribution in [3.8, 4) is 5.75 Å². The highest BCUT2D eigenvalue weighted by molar-refractivity contribution is 5.75. The number of benzene rings is 1. The van der Waals surface area contributed by atoms with E-state index in [0.717, 1.165) is 37.1 Å².